The molecule has 0 bridgehead atoms. The number of rotatable bonds is 2. The summed E-state index contributed by atoms with van der Waals surface area (Å²) in [4.78, 5) is 0. The van der Waals surface area contributed by atoms with Gasteiger partial charge in [0.15, 0.2) is 0 Å². The standard InChI is InChI=1S/C44H28O/c1-3-12-31-27(10-1)20-21-29-26-30(22-24-32(29)31)41-34-14-5-7-16-36(34)42(37-17-8-6-15-35(37)41)38-18-9-19-39-44(38)43-33-13-4-2-11-28(33)23-25-40(43)45-39/h2-9,11-26H,1,10H2. The minimum atomic E-state index is 0.919. The van der Waals surface area contributed by atoms with Crippen molar-refractivity contribution in [2.45, 2.75) is 12.8 Å². The molecule has 0 fully saturated rings. The van der Waals surface area contributed by atoms with Gasteiger partial charge >= 0.3 is 0 Å². The highest BCUT2D eigenvalue weighted by atomic mass is 16.3. The molecule has 45 heavy (non-hydrogen) atoms. The van der Waals surface area contributed by atoms with Gasteiger partial charge < -0.3 is 4.42 Å². The summed E-state index contributed by atoms with van der Waals surface area (Å²) in [6, 6.07) is 49.0. The average Bonchev–Trinajstić information content (AvgIpc) is 3.50. The van der Waals surface area contributed by atoms with Crippen LogP contribution in [0.25, 0.3) is 93.4 Å². The van der Waals surface area contributed by atoms with Gasteiger partial charge in [0.1, 0.15) is 11.2 Å². The van der Waals surface area contributed by atoms with Crippen LogP contribution in [0.4, 0.5) is 0 Å². The number of benzene rings is 8. The Morgan fingerprint density at radius 1 is 0.467 bits per heavy atom. The van der Waals surface area contributed by atoms with Crippen LogP contribution in [-0.2, 0) is 6.42 Å². The van der Waals surface area contributed by atoms with Gasteiger partial charge in [-0.1, -0.05) is 127 Å². The van der Waals surface area contributed by atoms with Crippen molar-refractivity contribution in [1.29, 1.82) is 0 Å². The molecular formula is C44H28O. The van der Waals surface area contributed by atoms with E-state index in [-0.39, 0.29) is 0 Å². The first-order valence-electron chi connectivity index (χ1n) is 15.8. The molecule has 1 aliphatic rings. The Balaban J connectivity index is 1.32. The third kappa shape index (κ3) is 3.56. The van der Waals surface area contributed by atoms with E-state index in [1.165, 1.54) is 87.2 Å². The molecule has 1 heterocycles. The molecule has 1 nitrogen and oxygen atoms in total. The summed E-state index contributed by atoms with van der Waals surface area (Å²) < 4.78 is 6.52. The fourth-order valence-electron chi connectivity index (χ4n) is 7.93. The van der Waals surface area contributed by atoms with Crippen LogP contribution in [0.15, 0.2) is 144 Å². The van der Waals surface area contributed by atoms with Gasteiger partial charge in [-0.15, -0.1) is 0 Å². The summed E-state index contributed by atoms with van der Waals surface area (Å²) in [5.74, 6) is 0. The lowest BCUT2D eigenvalue weighted by Gasteiger charge is -2.19. The molecule has 0 radical (unpaired) electrons. The van der Waals surface area contributed by atoms with Gasteiger partial charge in [-0.05, 0) is 108 Å². The normalized spacial score (nSPS) is 13.1. The van der Waals surface area contributed by atoms with Crippen molar-refractivity contribution in [2.24, 2.45) is 0 Å². The highest BCUT2D eigenvalue weighted by Crippen LogP contribution is 2.48. The number of aryl methyl sites for hydroxylation is 1. The molecule has 0 amide bonds. The largest absolute Gasteiger partial charge is 0.456 e. The number of fused-ring (bicyclic) bond motifs is 10. The van der Waals surface area contributed by atoms with Crippen LogP contribution in [-0.4, -0.2) is 0 Å². The topological polar surface area (TPSA) is 13.1 Å². The Bertz CT molecular complexity index is 2650. The zero-order valence-corrected chi connectivity index (χ0v) is 24.7. The summed E-state index contributed by atoms with van der Waals surface area (Å²) in [6.07, 6.45) is 6.86. The summed E-state index contributed by atoms with van der Waals surface area (Å²) >= 11 is 0. The van der Waals surface area contributed by atoms with Gasteiger partial charge in [0.2, 0.25) is 0 Å². The predicted octanol–water partition coefficient (Wildman–Crippen LogP) is 12.5. The average molecular weight is 573 g/mol. The van der Waals surface area contributed by atoms with E-state index in [2.05, 4.69) is 146 Å². The summed E-state index contributed by atoms with van der Waals surface area (Å²) in [5.41, 5.74) is 9.67. The number of hydrogen-bond acceptors (Lipinski definition) is 1. The van der Waals surface area contributed by atoms with Crippen molar-refractivity contribution in [3.8, 4) is 22.3 Å². The SMILES string of the molecule is C1=Cc2c(ccc3cc(-c4c5ccccc5c(-c5cccc6oc7ccc8ccccc8c7c56)c5ccccc45)ccc23)CC1. The number of hydrogen-bond donors (Lipinski definition) is 0. The van der Waals surface area contributed by atoms with E-state index < -0.39 is 0 Å². The van der Waals surface area contributed by atoms with E-state index in [0.717, 1.165) is 24.0 Å². The first-order chi connectivity index (χ1) is 22.3. The van der Waals surface area contributed by atoms with Crippen LogP contribution in [0.1, 0.15) is 17.5 Å². The van der Waals surface area contributed by atoms with Crippen LogP contribution < -0.4 is 0 Å². The monoisotopic (exact) mass is 572 g/mol. The molecule has 8 aromatic carbocycles. The van der Waals surface area contributed by atoms with Gasteiger partial charge in [0.25, 0.3) is 0 Å². The van der Waals surface area contributed by atoms with E-state index in [1.807, 2.05) is 0 Å². The first-order valence-corrected chi connectivity index (χ1v) is 15.8. The summed E-state index contributed by atoms with van der Waals surface area (Å²) in [6.45, 7) is 0. The molecule has 0 saturated carbocycles. The van der Waals surface area contributed by atoms with E-state index >= 15 is 0 Å². The zero-order valence-electron chi connectivity index (χ0n) is 24.7. The van der Waals surface area contributed by atoms with E-state index in [9.17, 15) is 0 Å². The maximum absolute atomic E-state index is 6.52. The maximum atomic E-state index is 6.52. The van der Waals surface area contributed by atoms with Crippen molar-refractivity contribution in [3.05, 3.63) is 151 Å². The van der Waals surface area contributed by atoms with E-state index in [0.29, 0.717) is 0 Å². The minimum Gasteiger partial charge on any atom is -0.456 e. The van der Waals surface area contributed by atoms with Crippen LogP contribution in [0.5, 0.6) is 0 Å². The lowest BCUT2D eigenvalue weighted by Crippen LogP contribution is -1.95. The molecular weight excluding hydrogens is 544 g/mol. The van der Waals surface area contributed by atoms with Crippen LogP contribution in [0.3, 0.4) is 0 Å². The van der Waals surface area contributed by atoms with E-state index in [1.54, 1.807) is 0 Å². The Labute approximate surface area is 260 Å². The minimum absolute atomic E-state index is 0.919. The molecule has 0 atom stereocenters. The molecule has 0 aliphatic heterocycles. The summed E-state index contributed by atoms with van der Waals surface area (Å²) in [5, 5.41) is 12.5. The molecule has 0 N–H and O–H groups in total. The Morgan fingerprint density at radius 2 is 1.16 bits per heavy atom. The fourth-order valence-corrected chi connectivity index (χ4v) is 7.93. The summed E-state index contributed by atoms with van der Waals surface area (Å²) in [7, 11) is 0. The van der Waals surface area contributed by atoms with E-state index in [4.69, 9.17) is 4.42 Å². The molecule has 1 aromatic heterocycles. The number of furan rings is 1. The number of allylic oxidation sites excluding steroid dienone is 1. The molecule has 0 saturated heterocycles. The lowest BCUT2D eigenvalue weighted by molar-refractivity contribution is 0.669. The predicted molar refractivity (Wildman–Crippen MR) is 192 cm³/mol. The Kier molecular flexibility index (Phi) is 5.18. The van der Waals surface area contributed by atoms with Gasteiger partial charge in [-0.2, -0.15) is 0 Å². The molecule has 9 aromatic rings. The van der Waals surface area contributed by atoms with Crippen molar-refractivity contribution in [2.75, 3.05) is 0 Å². The second kappa shape index (κ2) is 9.42. The second-order valence-electron chi connectivity index (χ2n) is 12.3. The Morgan fingerprint density at radius 3 is 1.96 bits per heavy atom. The van der Waals surface area contributed by atoms with Crippen molar-refractivity contribution >= 4 is 71.1 Å². The van der Waals surface area contributed by atoms with Crippen molar-refractivity contribution in [1.82, 2.24) is 0 Å². The Hall–Kier alpha value is -5.66. The molecule has 0 unspecified atom stereocenters. The van der Waals surface area contributed by atoms with Crippen LogP contribution >= 0.6 is 0 Å². The van der Waals surface area contributed by atoms with Crippen LogP contribution in [0, 0.1) is 0 Å². The fraction of sp³-hybridized carbons (Fsp3) is 0.0455. The highest BCUT2D eigenvalue weighted by Gasteiger charge is 2.21. The lowest BCUT2D eigenvalue weighted by atomic mass is 9.84. The molecule has 10 rings (SSSR count). The van der Waals surface area contributed by atoms with Crippen molar-refractivity contribution < 1.29 is 4.42 Å². The van der Waals surface area contributed by atoms with Crippen molar-refractivity contribution in [3.63, 3.8) is 0 Å². The zero-order chi connectivity index (χ0) is 29.5. The van der Waals surface area contributed by atoms with Gasteiger partial charge in [0.05, 0.1) is 0 Å². The van der Waals surface area contributed by atoms with Gasteiger partial charge in [-0.25, -0.2) is 0 Å². The maximum Gasteiger partial charge on any atom is 0.136 e. The molecule has 1 aliphatic carbocycles. The smallest absolute Gasteiger partial charge is 0.136 e. The quantitative estimate of drug-likeness (QED) is 0.188. The molecule has 210 valence electrons. The second-order valence-corrected chi connectivity index (χ2v) is 12.3. The highest BCUT2D eigenvalue weighted by molar-refractivity contribution is 6.28. The third-order valence-electron chi connectivity index (χ3n) is 9.89. The van der Waals surface area contributed by atoms with Gasteiger partial charge in [-0.3, -0.25) is 0 Å². The third-order valence-corrected chi connectivity index (χ3v) is 9.89. The molecule has 0 spiro atoms. The molecule has 1 heteroatoms. The first kappa shape index (κ1) is 24.7. The van der Waals surface area contributed by atoms with Crippen LogP contribution in [0.2, 0.25) is 0 Å². The van der Waals surface area contributed by atoms with Gasteiger partial charge in [0, 0.05) is 10.8 Å².